The Labute approximate surface area is 136 Å². The van der Waals surface area contributed by atoms with Crippen molar-refractivity contribution in [3.8, 4) is 0 Å². The molecule has 1 aromatic heterocycles. The minimum absolute atomic E-state index is 0.331. The zero-order chi connectivity index (χ0) is 14.5. The Morgan fingerprint density at radius 3 is 2.90 bits per heavy atom. The molecule has 1 saturated heterocycles. The second kappa shape index (κ2) is 7.90. The Morgan fingerprint density at radius 2 is 2.19 bits per heavy atom. The third kappa shape index (κ3) is 4.18. The van der Waals surface area contributed by atoms with E-state index in [2.05, 4.69) is 34.1 Å². The molecule has 0 amide bonds. The normalized spacial score (nSPS) is 25.9. The van der Waals surface area contributed by atoms with E-state index in [4.69, 9.17) is 10.9 Å². The Bertz CT molecular complexity index is 425. The van der Waals surface area contributed by atoms with E-state index in [1.165, 1.54) is 55.1 Å². The second-order valence-electron chi connectivity index (χ2n) is 6.04. The van der Waals surface area contributed by atoms with E-state index < -0.39 is 0 Å². The number of hydrazine groups is 1. The average molecular weight is 327 g/mol. The van der Waals surface area contributed by atoms with E-state index in [0.717, 1.165) is 6.42 Å². The molecule has 3 rings (SSSR count). The highest BCUT2D eigenvalue weighted by Gasteiger charge is 2.25. The molecular weight excluding hydrogens is 300 g/mol. The zero-order valence-corrected chi connectivity index (χ0v) is 14.2. The van der Waals surface area contributed by atoms with Crippen molar-refractivity contribution in [1.29, 1.82) is 0 Å². The maximum absolute atomic E-state index is 5.79. The van der Waals surface area contributed by atoms with Gasteiger partial charge in [0.2, 0.25) is 0 Å². The first-order chi connectivity index (χ1) is 10.4. The minimum Gasteiger partial charge on any atom is -0.271 e. The molecule has 0 bridgehead atoms. The number of hydrogen-bond acceptors (Lipinski definition) is 5. The van der Waals surface area contributed by atoms with Crippen LogP contribution in [0.5, 0.6) is 0 Å². The van der Waals surface area contributed by atoms with Crippen LogP contribution < -0.4 is 11.3 Å². The van der Waals surface area contributed by atoms with Gasteiger partial charge in [0.05, 0.1) is 11.7 Å². The summed E-state index contributed by atoms with van der Waals surface area (Å²) in [4.78, 5) is 0. The van der Waals surface area contributed by atoms with Gasteiger partial charge in [-0.15, -0.1) is 0 Å². The van der Waals surface area contributed by atoms with Gasteiger partial charge < -0.3 is 0 Å². The second-order valence-corrected chi connectivity index (χ2v) is 8.54. The molecule has 1 saturated carbocycles. The average Bonchev–Trinajstić information content (AvgIpc) is 3.03. The van der Waals surface area contributed by atoms with E-state index in [-0.39, 0.29) is 0 Å². The van der Waals surface area contributed by atoms with Crippen LogP contribution in [0.1, 0.15) is 43.8 Å². The Morgan fingerprint density at radius 1 is 1.33 bits per heavy atom. The fourth-order valence-corrected chi connectivity index (χ4v) is 6.17. The molecule has 0 spiro atoms. The van der Waals surface area contributed by atoms with Crippen LogP contribution in [0.25, 0.3) is 0 Å². The summed E-state index contributed by atoms with van der Waals surface area (Å²) in [7, 11) is 0. The lowest BCUT2D eigenvalue weighted by Gasteiger charge is -2.28. The molecule has 3 N–H and O–H groups in total. The van der Waals surface area contributed by atoms with Crippen LogP contribution in [0.3, 0.4) is 0 Å². The van der Waals surface area contributed by atoms with E-state index in [1.807, 2.05) is 11.8 Å². The van der Waals surface area contributed by atoms with Gasteiger partial charge in [0.1, 0.15) is 0 Å². The van der Waals surface area contributed by atoms with Gasteiger partial charge >= 0.3 is 0 Å². The maximum Gasteiger partial charge on any atom is 0.0641 e. The summed E-state index contributed by atoms with van der Waals surface area (Å²) in [5.41, 5.74) is 4.21. The lowest BCUT2D eigenvalue weighted by atomic mass is 9.96. The maximum atomic E-state index is 5.79. The molecule has 21 heavy (non-hydrogen) atoms. The summed E-state index contributed by atoms with van der Waals surface area (Å²) in [5, 5.41) is 5.43. The molecule has 4 nitrogen and oxygen atoms in total. The summed E-state index contributed by atoms with van der Waals surface area (Å²) < 4.78 is 2.20. The van der Waals surface area contributed by atoms with Crippen molar-refractivity contribution in [2.24, 2.45) is 5.84 Å². The van der Waals surface area contributed by atoms with Crippen molar-refractivity contribution < 1.29 is 0 Å². The van der Waals surface area contributed by atoms with Gasteiger partial charge in [0.15, 0.2) is 0 Å². The highest BCUT2D eigenvalue weighted by atomic mass is 32.2. The first kappa shape index (κ1) is 15.7. The van der Waals surface area contributed by atoms with Crippen LogP contribution in [0.2, 0.25) is 0 Å². The van der Waals surface area contributed by atoms with Crippen molar-refractivity contribution in [2.75, 3.05) is 17.3 Å². The summed E-state index contributed by atoms with van der Waals surface area (Å²) in [6.45, 7) is 0. The molecule has 2 unspecified atom stereocenters. The molecule has 2 atom stereocenters. The fraction of sp³-hybridized carbons (Fsp3) is 0.800. The van der Waals surface area contributed by atoms with E-state index in [9.17, 15) is 0 Å². The molecule has 1 aliphatic heterocycles. The van der Waals surface area contributed by atoms with Crippen LogP contribution in [0, 0.1) is 0 Å². The number of nitrogens with one attached hydrogen (secondary N) is 1. The number of nitrogens with two attached hydrogens (primary N) is 1. The minimum atomic E-state index is 0.331. The van der Waals surface area contributed by atoms with Gasteiger partial charge in [-0.25, -0.2) is 0 Å². The van der Waals surface area contributed by atoms with Gasteiger partial charge in [0.25, 0.3) is 0 Å². The van der Waals surface area contributed by atoms with E-state index >= 15 is 0 Å². The van der Waals surface area contributed by atoms with Gasteiger partial charge in [-0.2, -0.15) is 28.6 Å². The van der Waals surface area contributed by atoms with Crippen molar-refractivity contribution in [2.45, 2.75) is 55.9 Å². The standard InChI is InChI=1S/C15H26N4S2/c16-17-14(15-11-20-8-9-21-15)10-12-6-7-19(18-12)13-4-2-1-3-5-13/h6-7,13-15,17H,1-5,8-11,16H2. The lowest BCUT2D eigenvalue weighted by Crippen LogP contribution is -2.46. The third-order valence-electron chi connectivity index (χ3n) is 4.55. The third-order valence-corrected chi connectivity index (χ3v) is 7.47. The highest BCUT2D eigenvalue weighted by Crippen LogP contribution is 2.29. The monoisotopic (exact) mass is 326 g/mol. The number of rotatable bonds is 5. The smallest absolute Gasteiger partial charge is 0.0641 e. The van der Waals surface area contributed by atoms with E-state index in [1.54, 1.807) is 0 Å². The molecular formula is C15H26N4S2. The Balaban J connectivity index is 1.59. The summed E-state index contributed by atoms with van der Waals surface area (Å²) in [6, 6.07) is 3.13. The zero-order valence-electron chi connectivity index (χ0n) is 12.5. The molecule has 1 aliphatic carbocycles. The molecule has 118 valence electrons. The van der Waals surface area contributed by atoms with Gasteiger partial charge in [-0.3, -0.25) is 16.0 Å². The summed E-state index contributed by atoms with van der Waals surface area (Å²) >= 11 is 4.10. The van der Waals surface area contributed by atoms with Gasteiger partial charge in [-0.1, -0.05) is 19.3 Å². The number of aromatic nitrogens is 2. The Hall–Kier alpha value is -0.170. The first-order valence-corrected chi connectivity index (χ1v) is 10.3. The van der Waals surface area contributed by atoms with Crippen molar-refractivity contribution >= 4 is 23.5 Å². The lowest BCUT2D eigenvalue weighted by molar-refractivity contribution is 0.327. The van der Waals surface area contributed by atoms with Crippen LogP contribution in [-0.2, 0) is 6.42 Å². The van der Waals surface area contributed by atoms with Crippen LogP contribution in [0.15, 0.2) is 12.3 Å². The number of nitrogens with zero attached hydrogens (tertiary/aromatic N) is 2. The summed E-state index contributed by atoms with van der Waals surface area (Å²) in [5.74, 6) is 9.50. The topological polar surface area (TPSA) is 55.9 Å². The van der Waals surface area contributed by atoms with Crippen LogP contribution in [-0.4, -0.2) is 38.3 Å². The number of hydrogen-bond donors (Lipinski definition) is 2. The fourth-order valence-electron chi connectivity index (χ4n) is 3.30. The molecule has 0 aromatic carbocycles. The largest absolute Gasteiger partial charge is 0.271 e. The van der Waals surface area contributed by atoms with Crippen molar-refractivity contribution in [3.63, 3.8) is 0 Å². The van der Waals surface area contributed by atoms with Crippen molar-refractivity contribution in [3.05, 3.63) is 18.0 Å². The SMILES string of the molecule is NNC(Cc1ccn(C2CCCCC2)n1)C1CSCCS1. The van der Waals surface area contributed by atoms with Crippen LogP contribution in [0.4, 0.5) is 0 Å². The molecule has 2 aliphatic rings. The molecule has 1 aromatic rings. The predicted molar refractivity (Wildman–Crippen MR) is 92.7 cm³/mol. The molecule has 2 heterocycles. The van der Waals surface area contributed by atoms with Crippen LogP contribution >= 0.6 is 23.5 Å². The number of thioether (sulfide) groups is 2. The first-order valence-electron chi connectivity index (χ1n) is 8.06. The van der Waals surface area contributed by atoms with Gasteiger partial charge in [-0.05, 0) is 18.9 Å². The predicted octanol–water partition coefficient (Wildman–Crippen LogP) is 2.61. The Kier molecular flexibility index (Phi) is 5.91. The molecule has 0 radical (unpaired) electrons. The van der Waals surface area contributed by atoms with Gasteiger partial charge in [0, 0.05) is 41.2 Å². The molecule has 6 heteroatoms. The van der Waals surface area contributed by atoms with Crippen molar-refractivity contribution in [1.82, 2.24) is 15.2 Å². The highest BCUT2D eigenvalue weighted by molar-refractivity contribution is 8.06. The molecule has 2 fully saturated rings. The van der Waals surface area contributed by atoms with E-state index in [0.29, 0.717) is 17.3 Å². The summed E-state index contributed by atoms with van der Waals surface area (Å²) in [6.07, 6.45) is 9.77. The quantitative estimate of drug-likeness (QED) is 0.643.